The molecule has 0 fully saturated rings. The molecule has 30 aromatic rings. The van der Waals surface area contributed by atoms with Gasteiger partial charge in [0, 0.05) is 165 Å². The molecule has 0 radical (unpaired) electrons. The van der Waals surface area contributed by atoms with Crippen molar-refractivity contribution in [2.24, 2.45) is 0 Å². The summed E-state index contributed by atoms with van der Waals surface area (Å²) in [6.07, 6.45) is 0. The van der Waals surface area contributed by atoms with Crippen LogP contribution < -0.4 is 0 Å². The van der Waals surface area contributed by atoms with E-state index in [2.05, 4.69) is 501 Å². The van der Waals surface area contributed by atoms with E-state index >= 15 is 0 Å². The molecule has 0 unspecified atom stereocenters. The molecule has 630 valence electrons. The zero-order valence-electron chi connectivity index (χ0n) is 72.9. The number of benzene rings is 21. The minimum absolute atomic E-state index is 1.16. The van der Waals surface area contributed by atoms with Gasteiger partial charge in [0.05, 0.1) is 71.9 Å². The molecule has 0 spiro atoms. The average molecular weight is 1770 g/mol. The monoisotopic (exact) mass is 1770 g/mol. The van der Waals surface area contributed by atoms with Crippen molar-refractivity contribution >= 4 is 225 Å². The molecule has 0 amide bonds. The number of hydrogen-bond donors (Lipinski definition) is 0. The van der Waals surface area contributed by atoms with Gasteiger partial charge in [-0.1, -0.05) is 346 Å². The van der Waals surface area contributed by atoms with Crippen LogP contribution in [0.1, 0.15) is 0 Å². The molecule has 9 aromatic heterocycles. The van der Waals surface area contributed by atoms with Gasteiger partial charge in [-0.25, -0.2) is 0 Å². The van der Waals surface area contributed by atoms with Crippen molar-refractivity contribution in [3.8, 4) is 67.5 Å². The Kier molecular flexibility index (Phi) is 17.6. The number of para-hydroxylation sites is 10. The van der Waals surface area contributed by atoms with Crippen LogP contribution in [0, 0.1) is 0 Å². The lowest BCUT2D eigenvalue weighted by Crippen LogP contribution is -2.00. The zero-order valence-corrected chi connectivity index (χ0v) is 75.4. The Morgan fingerprint density at radius 2 is 0.422 bits per heavy atom. The summed E-state index contributed by atoms with van der Waals surface area (Å²) in [5.74, 6) is 0. The molecule has 0 saturated carbocycles. The second-order valence-corrected chi connectivity index (χ2v) is 38.3. The van der Waals surface area contributed by atoms with E-state index in [0.29, 0.717) is 0 Å². The van der Waals surface area contributed by atoms with Crippen LogP contribution in [0.25, 0.3) is 259 Å². The van der Waals surface area contributed by atoms with Crippen molar-refractivity contribution in [3.63, 3.8) is 0 Å². The van der Waals surface area contributed by atoms with E-state index in [4.69, 9.17) is 0 Å². The molecule has 6 nitrogen and oxygen atoms in total. The predicted molar refractivity (Wildman–Crippen MR) is 580 cm³/mol. The molecule has 0 aliphatic carbocycles. The van der Waals surface area contributed by atoms with Gasteiger partial charge in [0.25, 0.3) is 0 Å². The Hall–Kier alpha value is -16.9. The van der Waals surface area contributed by atoms with Crippen LogP contribution in [0.5, 0.6) is 0 Å². The largest absolute Gasteiger partial charge is 0.307 e. The summed E-state index contributed by atoms with van der Waals surface area (Å²) in [6, 6.07) is 173. The highest BCUT2D eigenvalue weighted by molar-refractivity contribution is 7.27. The summed E-state index contributed by atoms with van der Waals surface area (Å²) in [5, 5.41) is 23.1. The molecule has 0 aliphatic rings. The lowest BCUT2D eigenvalue weighted by atomic mass is 9.99. The SMILES string of the molecule is c1ccc(-n2c3ccccc3c3ccc4c5ccccc5n(-c5ccc(-c6cccc7sc8ccccc8c67)cc5)c4c32)cc1.c1ccc(-n2c3ccccc3c3ccc4c5ccccc5n(-c5cccc(-c6cccc7c6sc6ccccc67)c5)c4c32)cc1.c1ccc(-n2c3ccccc3c3ccc4c5ccccc5n(-c5ccccc5-c5cccc6c5sc5ccccc56)c4c32)cc1. The van der Waals surface area contributed by atoms with Crippen LogP contribution in [-0.4, -0.2) is 27.4 Å². The number of hydrogen-bond acceptors (Lipinski definition) is 3. The summed E-state index contributed by atoms with van der Waals surface area (Å²) in [7, 11) is 0. The van der Waals surface area contributed by atoms with E-state index in [-0.39, 0.29) is 0 Å². The van der Waals surface area contributed by atoms with Crippen molar-refractivity contribution in [3.05, 3.63) is 473 Å². The molecule has 21 aromatic carbocycles. The third-order valence-electron chi connectivity index (χ3n) is 27.9. The van der Waals surface area contributed by atoms with Gasteiger partial charge in [-0.3, -0.25) is 0 Å². The Bertz CT molecular complexity index is 10100. The predicted octanol–water partition coefficient (Wildman–Crippen LogP) is 35.7. The molecule has 9 heteroatoms. The maximum Gasteiger partial charge on any atom is 0.0789 e. The van der Waals surface area contributed by atoms with E-state index < -0.39 is 0 Å². The lowest BCUT2D eigenvalue weighted by molar-refractivity contribution is 1.15. The Morgan fingerprint density at radius 1 is 0.141 bits per heavy atom. The summed E-state index contributed by atoms with van der Waals surface area (Å²) >= 11 is 5.64. The Balaban J connectivity index is 0.000000101. The van der Waals surface area contributed by atoms with Gasteiger partial charge in [0.1, 0.15) is 0 Å². The highest BCUT2D eigenvalue weighted by Crippen LogP contribution is 2.51. The smallest absolute Gasteiger partial charge is 0.0789 e. The van der Waals surface area contributed by atoms with Gasteiger partial charge < -0.3 is 27.4 Å². The van der Waals surface area contributed by atoms with Crippen LogP contribution in [0.3, 0.4) is 0 Å². The van der Waals surface area contributed by atoms with Gasteiger partial charge in [-0.15, -0.1) is 34.0 Å². The van der Waals surface area contributed by atoms with Crippen LogP contribution in [0.4, 0.5) is 0 Å². The first-order chi connectivity index (χ1) is 67.1. The molecule has 0 aliphatic heterocycles. The van der Waals surface area contributed by atoms with Crippen molar-refractivity contribution in [1.29, 1.82) is 0 Å². The van der Waals surface area contributed by atoms with Crippen LogP contribution in [0.15, 0.2) is 473 Å². The second kappa shape index (κ2) is 30.9. The topological polar surface area (TPSA) is 29.6 Å². The van der Waals surface area contributed by atoms with Gasteiger partial charge in [-0.05, 0) is 150 Å². The maximum atomic E-state index is 2.52. The first kappa shape index (κ1) is 76.9. The van der Waals surface area contributed by atoms with Crippen LogP contribution >= 0.6 is 34.0 Å². The highest BCUT2D eigenvalue weighted by Gasteiger charge is 2.28. The third-order valence-corrected chi connectivity index (χ3v) is 31.5. The van der Waals surface area contributed by atoms with E-state index in [9.17, 15) is 0 Å². The van der Waals surface area contributed by atoms with Gasteiger partial charge in [0.15, 0.2) is 0 Å². The molecule has 0 N–H and O–H groups in total. The maximum absolute atomic E-state index is 2.52. The molecule has 0 bridgehead atoms. The first-order valence-electron chi connectivity index (χ1n) is 46.1. The number of rotatable bonds is 9. The standard InChI is InChI=1S/3C42H26N2S/c1-2-13-27(14-3-1)43-36-21-8-4-15-28(36)32-25-26-33-29-16-5-9-22-37(29)44(41(33)40(32)43)38-23-10-6-17-30(38)34-19-12-20-35-31-18-7-11-24-39(31)45-42(34)35;1-2-13-28(14-3-1)43-37-21-7-4-16-31(37)34-24-25-35-32-17-5-8-22-38(32)44(41(35)40(34)43)29-15-10-12-27(26-29)30-19-11-20-36-33-18-6-9-23-39(33)45-42(30)36;1-2-11-28(12-3-1)43-36-17-7-4-13-31(36)33-25-26-34-32-14-5-8-18-37(32)44(42(34)41(33)43)29-23-21-27(22-24-29)30-16-10-20-39-40(30)35-15-6-9-19-38(35)45-39/h3*1-26H. The van der Waals surface area contributed by atoms with Gasteiger partial charge in [0.2, 0.25) is 0 Å². The van der Waals surface area contributed by atoms with E-state index in [1.54, 1.807) is 0 Å². The first-order valence-corrected chi connectivity index (χ1v) is 48.6. The summed E-state index contributed by atoms with van der Waals surface area (Å²) < 4.78 is 22.8. The normalized spacial score (nSPS) is 12.0. The molecule has 0 saturated heterocycles. The van der Waals surface area contributed by atoms with Gasteiger partial charge >= 0.3 is 0 Å². The minimum atomic E-state index is 1.16. The minimum Gasteiger partial charge on any atom is -0.307 e. The van der Waals surface area contributed by atoms with Crippen LogP contribution in [-0.2, 0) is 0 Å². The van der Waals surface area contributed by atoms with E-state index in [1.807, 2.05) is 34.0 Å². The molecular formula is C126H78N6S3. The zero-order chi connectivity index (χ0) is 88.5. The second-order valence-electron chi connectivity index (χ2n) is 35.1. The molecule has 9 heterocycles. The van der Waals surface area contributed by atoms with E-state index in [0.717, 1.165) is 22.7 Å². The third kappa shape index (κ3) is 11.8. The number of aromatic nitrogens is 6. The van der Waals surface area contributed by atoms with E-state index in [1.165, 1.54) is 236 Å². The lowest BCUT2D eigenvalue weighted by Gasteiger charge is -2.16. The van der Waals surface area contributed by atoms with Gasteiger partial charge in [-0.2, -0.15) is 0 Å². The fourth-order valence-corrected chi connectivity index (χ4v) is 25.9. The van der Waals surface area contributed by atoms with Crippen molar-refractivity contribution in [2.75, 3.05) is 0 Å². The quantitative estimate of drug-likeness (QED) is 0.138. The Labute approximate surface area is 787 Å². The molecule has 135 heavy (non-hydrogen) atoms. The fraction of sp³-hybridized carbons (Fsp3) is 0. The molecular weight excluding hydrogens is 1690 g/mol. The summed E-state index contributed by atoms with van der Waals surface area (Å²) in [6.45, 7) is 0. The highest BCUT2D eigenvalue weighted by atomic mass is 32.1. The number of thiophene rings is 3. The average Bonchev–Trinajstić information content (AvgIpc) is 1.54. The number of nitrogens with zero attached hydrogens (tertiary/aromatic N) is 6. The van der Waals surface area contributed by atoms with Crippen LogP contribution in [0.2, 0.25) is 0 Å². The van der Waals surface area contributed by atoms with Crippen molar-refractivity contribution in [2.45, 2.75) is 0 Å². The fourth-order valence-electron chi connectivity index (χ4n) is 22.3. The van der Waals surface area contributed by atoms with Crippen molar-refractivity contribution < 1.29 is 0 Å². The summed E-state index contributed by atoms with van der Waals surface area (Å²) in [4.78, 5) is 0. The molecule has 0 atom stereocenters. The molecule has 30 rings (SSSR count). The number of fused-ring (bicyclic) bond motifs is 30. The van der Waals surface area contributed by atoms with Crippen molar-refractivity contribution in [1.82, 2.24) is 27.4 Å². The summed E-state index contributed by atoms with van der Waals surface area (Å²) in [5.41, 5.74) is 29.2. The Morgan fingerprint density at radius 3 is 0.859 bits per heavy atom.